The Hall–Kier alpha value is -1.22. The Kier molecular flexibility index (Phi) is 6.37. The maximum absolute atomic E-state index is 3.49. The van der Waals surface area contributed by atoms with E-state index in [1.54, 1.807) is 0 Å². The number of benzene rings is 1. The summed E-state index contributed by atoms with van der Waals surface area (Å²) in [6, 6.07) is 6.93. The molecular formula is C18H31N3. The van der Waals surface area contributed by atoms with E-state index in [0.29, 0.717) is 0 Å². The number of rotatable bonds is 8. The number of hydrogen-bond donors (Lipinski definition) is 1. The highest BCUT2D eigenvalue weighted by molar-refractivity contribution is 5.61. The average molecular weight is 289 g/mol. The van der Waals surface area contributed by atoms with Crippen LogP contribution in [-0.2, 0) is 6.42 Å². The summed E-state index contributed by atoms with van der Waals surface area (Å²) >= 11 is 0. The number of nitrogens with one attached hydrogen (secondary N) is 1. The Bertz CT molecular complexity index is 426. The summed E-state index contributed by atoms with van der Waals surface area (Å²) in [5.41, 5.74) is 4.21. The third kappa shape index (κ3) is 4.37. The quantitative estimate of drug-likeness (QED) is 0.789. The fourth-order valence-electron chi connectivity index (χ4n) is 3.15. The van der Waals surface area contributed by atoms with Gasteiger partial charge in [-0.25, -0.2) is 0 Å². The van der Waals surface area contributed by atoms with Crippen molar-refractivity contribution in [2.75, 3.05) is 49.5 Å². The molecule has 0 spiro atoms. The Balaban J connectivity index is 1.94. The average Bonchev–Trinajstić information content (AvgIpc) is 2.55. The molecule has 118 valence electrons. The molecule has 21 heavy (non-hydrogen) atoms. The van der Waals surface area contributed by atoms with Gasteiger partial charge in [-0.15, -0.1) is 0 Å². The summed E-state index contributed by atoms with van der Waals surface area (Å²) in [6.07, 6.45) is 3.71. The van der Waals surface area contributed by atoms with Gasteiger partial charge in [0.1, 0.15) is 0 Å². The zero-order valence-corrected chi connectivity index (χ0v) is 14.0. The van der Waals surface area contributed by atoms with Crippen LogP contribution >= 0.6 is 0 Å². The number of anilines is 2. The maximum Gasteiger partial charge on any atom is 0.0374 e. The number of hydrogen-bond acceptors (Lipinski definition) is 3. The van der Waals surface area contributed by atoms with Crippen molar-refractivity contribution in [3.05, 3.63) is 23.8 Å². The van der Waals surface area contributed by atoms with Gasteiger partial charge in [0.25, 0.3) is 0 Å². The van der Waals surface area contributed by atoms with Crippen LogP contribution in [0.5, 0.6) is 0 Å². The monoisotopic (exact) mass is 289 g/mol. The molecule has 3 heteroatoms. The van der Waals surface area contributed by atoms with E-state index in [0.717, 1.165) is 32.7 Å². The molecule has 0 aromatic heterocycles. The standard InChI is InChI=1S/C18H31N3/c1-4-20(5-2)13-8-14-21(6-3)17-10-11-18-16(15-17)9-7-12-19-18/h10-11,15,19H,4-9,12-14H2,1-3H3. The van der Waals surface area contributed by atoms with Crippen molar-refractivity contribution in [1.82, 2.24) is 4.90 Å². The highest BCUT2D eigenvalue weighted by Crippen LogP contribution is 2.27. The normalized spacial score (nSPS) is 13.9. The van der Waals surface area contributed by atoms with Gasteiger partial charge >= 0.3 is 0 Å². The van der Waals surface area contributed by atoms with E-state index in [4.69, 9.17) is 0 Å². The Morgan fingerprint density at radius 2 is 1.86 bits per heavy atom. The number of nitrogens with zero attached hydrogens (tertiary/aromatic N) is 2. The van der Waals surface area contributed by atoms with Gasteiger partial charge in [-0.1, -0.05) is 13.8 Å². The van der Waals surface area contributed by atoms with Crippen LogP contribution in [0.25, 0.3) is 0 Å². The highest BCUT2D eigenvalue weighted by atomic mass is 15.1. The van der Waals surface area contributed by atoms with Crippen LogP contribution in [0.15, 0.2) is 18.2 Å². The van der Waals surface area contributed by atoms with Gasteiger partial charge in [-0.3, -0.25) is 0 Å². The summed E-state index contributed by atoms with van der Waals surface area (Å²) < 4.78 is 0. The summed E-state index contributed by atoms with van der Waals surface area (Å²) in [4.78, 5) is 5.02. The van der Waals surface area contributed by atoms with Gasteiger partial charge < -0.3 is 15.1 Å². The minimum Gasteiger partial charge on any atom is -0.385 e. The van der Waals surface area contributed by atoms with Gasteiger partial charge in [0, 0.05) is 31.0 Å². The topological polar surface area (TPSA) is 18.5 Å². The largest absolute Gasteiger partial charge is 0.385 e. The molecule has 1 aliphatic heterocycles. The van der Waals surface area contributed by atoms with Crippen molar-refractivity contribution in [2.24, 2.45) is 0 Å². The zero-order valence-electron chi connectivity index (χ0n) is 14.0. The van der Waals surface area contributed by atoms with E-state index in [-0.39, 0.29) is 0 Å². The van der Waals surface area contributed by atoms with Crippen molar-refractivity contribution >= 4 is 11.4 Å². The molecule has 0 saturated carbocycles. The molecule has 1 N–H and O–H groups in total. The van der Waals surface area contributed by atoms with Gasteiger partial charge in [0.05, 0.1) is 0 Å². The minimum atomic E-state index is 1.09. The molecule has 0 bridgehead atoms. The third-order valence-corrected chi connectivity index (χ3v) is 4.57. The second kappa shape index (κ2) is 8.28. The SMILES string of the molecule is CCN(CC)CCCN(CC)c1ccc2c(c1)CCCN2. The minimum absolute atomic E-state index is 1.09. The zero-order chi connectivity index (χ0) is 15.1. The lowest BCUT2D eigenvalue weighted by Gasteiger charge is -2.27. The Labute approximate surface area is 130 Å². The van der Waals surface area contributed by atoms with Crippen LogP contribution in [0.1, 0.15) is 39.2 Å². The second-order valence-electron chi connectivity index (χ2n) is 5.83. The molecule has 0 unspecified atom stereocenters. The van der Waals surface area contributed by atoms with Gasteiger partial charge in [-0.2, -0.15) is 0 Å². The highest BCUT2D eigenvalue weighted by Gasteiger charge is 2.11. The van der Waals surface area contributed by atoms with Crippen LogP contribution in [0.4, 0.5) is 11.4 Å². The first-order valence-electron chi connectivity index (χ1n) is 8.62. The molecule has 1 aromatic carbocycles. The van der Waals surface area contributed by atoms with Gasteiger partial charge in [-0.05, 0) is 69.6 Å². The predicted molar refractivity (Wildman–Crippen MR) is 93.5 cm³/mol. The first-order valence-corrected chi connectivity index (χ1v) is 8.62. The third-order valence-electron chi connectivity index (χ3n) is 4.57. The first-order chi connectivity index (χ1) is 10.3. The molecule has 1 aliphatic rings. The van der Waals surface area contributed by atoms with Crippen molar-refractivity contribution in [3.63, 3.8) is 0 Å². The molecule has 3 nitrogen and oxygen atoms in total. The number of fused-ring (bicyclic) bond motifs is 1. The van der Waals surface area contributed by atoms with Crippen molar-refractivity contribution in [3.8, 4) is 0 Å². The van der Waals surface area contributed by atoms with E-state index < -0.39 is 0 Å². The van der Waals surface area contributed by atoms with E-state index in [1.165, 1.54) is 42.7 Å². The van der Waals surface area contributed by atoms with Gasteiger partial charge in [0.15, 0.2) is 0 Å². The lowest BCUT2D eigenvalue weighted by atomic mass is 10.0. The summed E-state index contributed by atoms with van der Waals surface area (Å²) in [5.74, 6) is 0. The van der Waals surface area contributed by atoms with Crippen LogP contribution in [0.3, 0.4) is 0 Å². The molecule has 0 aliphatic carbocycles. The van der Waals surface area contributed by atoms with Crippen molar-refractivity contribution in [1.29, 1.82) is 0 Å². The van der Waals surface area contributed by atoms with Crippen LogP contribution in [0.2, 0.25) is 0 Å². The molecule has 0 saturated heterocycles. The van der Waals surface area contributed by atoms with E-state index in [9.17, 15) is 0 Å². The molecule has 0 radical (unpaired) electrons. The van der Waals surface area contributed by atoms with E-state index in [2.05, 4.69) is 54.1 Å². The van der Waals surface area contributed by atoms with Crippen LogP contribution < -0.4 is 10.2 Å². The van der Waals surface area contributed by atoms with Crippen LogP contribution in [0, 0.1) is 0 Å². The fourth-order valence-corrected chi connectivity index (χ4v) is 3.15. The fraction of sp³-hybridized carbons (Fsp3) is 0.667. The molecule has 2 rings (SSSR count). The Morgan fingerprint density at radius 1 is 1.05 bits per heavy atom. The van der Waals surface area contributed by atoms with Gasteiger partial charge in [0.2, 0.25) is 0 Å². The second-order valence-corrected chi connectivity index (χ2v) is 5.83. The van der Waals surface area contributed by atoms with Crippen molar-refractivity contribution < 1.29 is 0 Å². The molecule has 0 fully saturated rings. The first kappa shape index (κ1) is 16.2. The summed E-state index contributed by atoms with van der Waals surface area (Å²) in [6.45, 7) is 13.6. The summed E-state index contributed by atoms with van der Waals surface area (Å²) in [5, 5.41) is 3.49. The smallest absolute Gasteiger partial charge is 0.0374 e. The van der Waals surface area contributed by atoms with E-state index >= 15 is 0 Å². The molecule has 1 heterocycles. The molecular weight excluding hydrogens is 258 g/mol. The van der Waals surface area contributed by atoms with E-state index in [1.807, 2.05) is 0 Å². The molecule has 1 aromatic rings. The molecule has 0 amide bonds. The number of aryl methyl sites for hydroxylation is 1. The Morgan fingerprint density at radius 3 is 2.57 bits per heavy atom. The van der Waals surface area contributed by atoms with Crippen molar-refractivity contribution in [2.45, 2.75) is 40.0 Å². The van der Waals surface area contributed by atoms with Crippen LogP contribution in [-0.4, -0.2) is 44.2 Å². The summed E-state index contributed by atoms with van der Waals surface area (Å²) in [7, 11) is 0. The maximum atomic E-state index is 3.49. The lowest BCUT2D eigenvalue weighted by molar-refractivity contribution is 0.301. The molecule has 0 atom stereocenters. The predicted octanol–water partition coefficient (Wildman–Crippen LogP) is 3.60. The lowest BCUT2D eigenvalue weighted by Crippen LogP contribution is -2.30.